The quantitative estimate of drug-likeness (QED) is 0.860. The molecule has 2 heterocycles. The second kappa shape index (κ2) is 6.89. The second-order valence-electron chi connectivity index (χ2n) is 8.33. The molecular weight excluding hydrogens is 350 g/mol. The lowest BCUT2D eigenvalue weighted by Gasteiger charge is -2.36. The second-order valence-corrected chi connectivity index (χ2v) is 8.33. The van der Waals surface area contributed by atoms with Crippen molar-refractivity contribution in [3.8, 4) is 0 Å². The first-order chi connectivity index (χ1) is 13.4. The molecule has 144 valence electrons. The highest BCUT2D eigenvalue weighted by Gasteiger charge is 2.43. The predicted octanol–water partition coefficient (Wildman–Crippen LogP) is 4.05. The van der Waals surface area contributed by atoms with Crippen LogP contribution in [0.15, 0.2) is 60.1 Å². The van der Waals surface area contributed by atoms with Gasteiger partial charge in [-0.25, -0.2) is 4.98 Å². The number of allylic oxidation sites excluding steroid dienone is 1. The molecule has 2 aromatic rings. The van der Waals surface area contributed by atoms with E-state index >= 15 is 0 Å². The number of aromatic amines is 1. The summed E-state index contributed by atoms with van der Waals surface area (Å²) in [4.78, 5) is 31.4. The van der Waals surface area contributed by atoms with Gasteiger partial charge in [0, 0.05) is 35.7 Å². The Morgan fingerprint density at radius 2 is 2.00 bits per heavy atom. The monoisotopic (exact) mass is 376 g/mol. The first kappa shape index (κ1) is 18.4. The van der Waals surface area contributed by atoms with Crippen molar-refractivity contribution < 1.29 is 14.6 Å². The molecule has 0 radical (unpaired) electrons. The Bertz CT molecular complexity index is 963. The molecule has 1 aliphatic carbocycles. The van der Waals surface area contributed by atoms with Crippen molar-refractivity contribution >= 4 is 23.1 Å². The number of rotatable bonds is 2. The number of nitrogens with zero attached hydrogens (tertiary/aromatic N) is 1. The summed E-state index contributed by atoms with van der Waals surface area (Å²) in [6.45, 7) is 6.10. The smallest absolute Gasteiger partial charge is 0.227 e. The summed E-state index contributed by atoms with van der Waals surface area (Å²) in [7, 11) is 0. The molecule has 1 aromatic heterocycles. The molecular formula is C23H26N3O2+. The summed E-state index contributed by atoms with van der Waals surface area (Å²) >= 11 is 0. The molecule has 0 bridgehead atoms. The fourth-order valence-electron chi connectivity index (χ4n) is 4.33. The van der Waals surface area contributed by atoms with E-state index in [1.54, 1.807) is 4.90 Å². The average molecular weight is 376 g/mol. The summed E-state index contributed by atoms with van der Waals surface area (Å²) < 4.78 is 0. The Morgan fingerprint density at radius 3 is 2.71 bits per heavy atom. The van der Waals surface area contributed by atoms with Crippen LogP contribution < -0.4 is 15.2 Å². The lowest BCUT2D eigenvalue weighted by molar-refractivity contribution is -0.378. The van der Waals surface area contributed by atoms with Crippen molar-refractivity contribution in [2.45, 2.75) is 46.1 Å². The van der Waals surface area contributed by atoms with Gasteiger partial charge in [0.05, 0.1) is 17.4 Å². The summed E-state index contributed by atoms with van der Waals surface area (Å²) in [5.41, 5.74) is 4.09. The Balaban J connectivity index is 2.01. The molecule has 2 N–H and O–H groups in total. The third-order valence-electron chi connectivity index (χ3n) is 5.52. The fourth-order valence-corrected chi connectivity index (χ4v) is 4.33. The topological polar surface area (TPSA) is 63.6 Å². The normalized spacial score (nSPS) is 20.8. The molecule has 5 nitrogen and oxygen atoms in total. The van der Waals surface area contributed by atoms with Gasteiger partial charge in [-0.15, -0.1) is 0 Å². The van der Waals surface area contributed by atoms with E-state index in [0.29, 0.717) is 18.4 Å². The van der Waals surface area contributed by atoms with Crippen LogP contribution in [0.1, 0.15) is 51.6 Å². The van der Waals surface area contributed by atoms with Gasteiger partial charge < -0.3 is 5.32 Å². The van der Waals surface area contributed by atoms with E-state index in [4.69, 9.17) is 0 Å². The molecule has 2 aliphatic rings. The standard InChI is InChI=1S/C23H25N3O2/c1-4-20(28)26-18-10-6-5-9-16(18)25-17-12-23(2,3)13-19(27)21(17)22(26)15-8-7-11-24-14-15/h5-11,14,22,25H,4,12-13H2,1-3H3/p+1. The largest absolute Gasteiger partial charge is 0.357 e. The number of nitrogens with one attached hydrogen (secondary N) is 2. The van der Waals surface area contributed by atoms with Crippen LogP contribution in [0.25, 0.3) is 0 Å². The number of benzene rings is 1. The molecule has 1 aromatic carbocycles. The van der Waals surface area contributed by atoms with E-state index in [2.05, 4.69) is 24.1 Å². The minimum Gasteiger partial charge on any atom is -0.357 e. The number of Topliss-reactive ketones (excluding diaryl/α,β-unsaturated/α-hetero) is 1. The van der Waals surface area contributed by atoms with E-state index in [1.165, 1.54) is 0 Å². The number of carbonyl (C=O) groups is 2. The number of hydrogen-bond acceptors (Lipinski definition) is 3. The van der Waals surface area contributed by atoms with Crippen LogP contribution in [-0.2, 0) is 9.59 Å². The highest BCUT2D eigenvalue weighted by Crippen LogP contribution is 2.48. The van der Waals surface area contributed by atoms with Crippen LogP contribution in [-0.4, -0.2) is 11.7 Å². The van der Waals surface area contributed by atoms with Gasteiger partial charge in [0.25, 0.3) is 0 Å². The van der Waals surface area contributed by atoms with Crippen LogP contribution in [0.5, 0.6) is 0 Å². The van der Waals surface area contributed by atoms with Gasteiger partial charge in [-0.3, -0.25) is 14.5 Å². The van der Waals surface area contributed by atoms with E-state index < -0.39 is 6.04 Å². The minimum atomic E-state index is -0.445. The molecule has 0 spiro atoms. The molecule has 28 heavy (non-hydrogen) atoms. The molecule has 0 fully saturated rings. The maximum atomic E-state index is 13.3. The third-order valence-corrected chi connectivity index (χ3v) is 5.52. The summed E-state index contributed by atoms with van der Waals surface area (Å²) in [6.07, 6.45) is 5.32. The number of fused-ring (bicyclic) bond motifs is 1. The number of hydrogen-bond donors (Lipinski definition) is 1. The zero-order chi connectivity index (χ0) is 19.9. The van der Waals surface area contributed by atoms with E-state index in [0.717, 1.165) is 29.1 Å². The number of aromatic nitrogens is 1. The fraction of sp³-hybridized carbons (Fsp3) is 0.348. The van der Waals surface area contributed by atoms with Gasteiger partial charge >= 0.3 is 0 Å². The lowest BCUT2D eigenvalue weighted by atomic mass is 9.73. The first-order valence-corrected chi connectivity index (χ1v) is 9.81. The van der Waals surface area contributed by atoms with Crippen molar-refractivity contribution in [2.75, 3.05) is 10.2 Å². The molecule has 0 saturated carbocycles. The maximum Gasteiger partial charge on any atom is 0.227 e. The molecule has 1 unspecified atom stereocenters. The predicted molar refractivity (Wildman–Crippen MR) is 109 cm³/mol. The molecule has 4 rings (SSSR count). The number of ketones is 1. The van der Waals surface area contributed by atoms with Crippen molar-refractivity contribution in [3.63, 3.8) is 0 Å². The van der Waals surface area contributed by atoms with Crippen LogP contribution in [0.3, 0.4) is 0 Å². The van der Waals surface area contributed by atoms with Crippen LogP contribution in [0.4, 0.5) is 11.4 Å². The van der Waals surface area contributed by atoms with Crippen LogP contribution >= 0.6 is 0 Å². The number of amides is 1. The van der Waals surface area contributed by atoms with Crippen molar-refractivity contribution in [1.29, 1.82) is 0 Å². The van der Waals surface area contributed by atoms with E-state index in [1.807, 2.05) is 55.7 Å². The van der Waals surface area contributed by atoms with Gasteiger partial charge in [0.1, 0.15) is 0 Å². The SMILES string of the molecule is CCC(=O)N1c2ccccc2NC2=C(C(=O)CC(C)(C)C2)C1c1ccc[nH+]c1. The third kappa shape index (κ3) is 3.11. The zero-order valence-electron chi connectivity index (χ0n) is 16.6. The first-order valence-electron chi connectivity index (χ1n) is 9.81. The summed E-state index contributed by atoms with van der Waals surface area (Å²) in [6, 6.07) is 11.2. The molecule has 1 atom stereocenters. The summed E-state index contributed by atoms with van der Waals surface area (Å²) in [5.74, 6) is 0.101. The Kier molecular flexibility index (Phi) is 4.53. The van der Waals surface area contributed by atoms with Crippen molar-refractivity contribution in [1.82, 2.24) is 0 Å². The highest BCUT2D eigenvalue weighted by atomic mass is 16.2. The Labute approximate surface area is 165 Å². The van der Waals surface area contributed by atoms with Gasteiger partial charge in [0.2, 0.25) is 5.91 Å². The van der Waals surface area contributed by atoms with Crippen LogP contribution in [0, 0.1) is 5.41 Å². The van der Waals surface area contributed by atoms with E-state index in [9.17, 15) is 9.59 Å². The summed E-state index contributed by atoms with van der Waals surface area (Å²) in [5, 5.41) is 3.51. The molecule has 1 amide bonds. The van der Waals surface area contributed by atoms with Crippen molar-refractivity contribution in [2.24, 2.45) is 5.41 Å². The van der Waals surface area contributed by atoms with E-state index in [-0.39, 0.29) is 17.1 Å². The minimum absolute atomic E-state index is 0.00510. The number of anilines is 2. The highest BCUT2D eigenvalue weighted by molar-refractivity contribution is 6.06. The maximum absolute atomic E-state index is 13.3. The number of para-hydroxylation sites is 2. The van der Waals surface area contributed by atoms with Gasteiger partial charge in [-0.1, -0.05) is 32.9 Å². The van der Waals surface area contributed by atoms with Gasteiger partial charge in [0.15, 0.2) is 18.2 Å². The van der Waals surface area contributed by atoms with Gasteiger partial charge in [-0.2, -0.15) is 0 Å². The lowest BCUT2D eigenvalue weighted by Crippen LogP contribution is -2.39. The number of carbonyl (C=O) groups excluding carboxylic acids is 2. The molecule has 0 saturated heterocycles. The van der Waals surface area contributed by atoms with Crippen LogP contribution in [0.2, 0.25) is 0 Å². The zero-order valence-corrected chi connectivity index (χ0v) is 16.6. The molecule has 5 heteroatoms. The Morgan fingerprint density at radius 1 is 1.21 bits per heavy atom. The Hall–Kier alpha value is -2.95. The average Bonchev–Trinajstić information content (AvgIpc) is 2.81. The number of H-pyrrole nitrogens is 1. The van der Waals surface area contributed by atoms with Gasteiger partial charge in [-0.05, 0) is 30.0 Å². The number of pyridine rings is 1. The van der Waals surface area contributed by atoms with Crippen molar-refractivity contribution in [3.05, 3.63) is 65.6 Å². The molecule has 1 aliphatic heterocycles.